The topological polar surface area (TPSA) is 92.7 Å². The van der Waals surface area contributed by atoms with E-state index in [4.69, 9.17) is 9.47 Å². The van der Waals surface area contributed by atoms with Crippen LogP contribution in [0.5, 0.6) is 0 Å². The third-order valence-corrected chi connectivity index (χ3v) is 10.6. The van der Waals surface area contributed by atoms with Crippen LogP contribution in [0.1, 0.15) is 74.0 Å². The number of aliphatic hydroxyl groups is 1. The van der Waals surface area contributed by atoms with Crippen molar-refractivity contribution in [2.24, 2.45) is 17.8 Å². The fourth-order valence-corrected chi connectivity index (χ4v) is 8.91. The molecule has 3 N–H and O–H groups in total. The summed E-state index contributed by atoms with van der Waals surface area (Å²) in [5.74, 6) is 3.11. The number of anilines is 1. The molecule has 3 atom stereocenters. The molecule has 4 aliphatic carbocycles. The Bertz CT molecular complexity index is 1330. The van der Waals surface area contributed by atoms with Gasteiger partial charge in [-0.3, -0.25) is 0 Å². The molecule has 3 aromatic rings. The van der Waals surface area contributed by atoms with E-state index in [2.05, 4.69) is 15.6 Å². The number of hydrogen-bond donors (Lipinski definition) is 3. The molecule has 5 aliphatic rings. The first-order chi connectivity index (χ1) is 20.5. The summed E-state index contributed by atoms with van der Waals surface area (Å²) in [5, 5.41) is 16.9. The molecule has 8 rings (SSSR count). The second kappa shape index (κ2) is 12.0. The number of hydrogen-bond acceptors (Lipinski definition) is 6. The Balaban J connectivity index is 1.02. The lowest BCUT2D eigenvalue weighted by atomic mass is 9.53. The van der Waals surface area contributed by atoms with Gasteiger partial charge < -0.3 is 25.2 Å². The van der Waals surface area contributed by atoms with E-state index in [9.17, 15) is 9.90 Å². The third-order valence-electron chi connectivity index (χ3n) is 9.53. The Hall–Kier alpha value is -2.91. The van der Waals surface area contributed by atoms with Crippen molar-refractivity contribution in [1.29, 1.82) is 0 Å². The second-order valence-corrected chi connectivity index (χ2v) is 13.8. The molecule has 8 heteroatoms. The van der Waals surface area contributed by atoms with Crippen LogP contribution in [0.2, 0.25) is 0 Å². The van der Waals surface area contributed by atoms with Crippen LogP contribution in [0.25, 0.3) is 0 Å². The SMILES string of the molecule is O=C(Nc1ccc(C2OC(CSc3ccccn3)CC(c3ccc(CO)cc3)O2)cc1)NC12CC3CC(CC(C3)C1)C2. The summed E-state index contributed by atoms with van der Waals surface area (Å²) in [6.45, 7) is 0.0157. The average Bonchev–Trinajstić information content (AvgIpc) is 3.00. The van der Waals surface area contributed by atoms with Gasteiger partial charge in [0, 0.05) is 35.2 Å². The average molecular weight is 586 g/mol. The standard InChI is InChI=1S/C34H39N3O4S/c38-20-22-4-6-26(7-5-22)30-16-29(21-42-31-3-1-2-12-35-31)40-32(41-30)27-8-10-28(11-9-27)36-33(39)37-34-17-23-13-24(18-34)15-25(14-23)19-34/h1-12,23-25,29-30,32,38H,13-21H2,(H2,36,37,39). The first-order valence-corrected chi connectivity index (χ1v) is 16.2. The molecule has 1 saturated heterocycles. The molecule has 0 radical (unpaired) electrons. The number of amides is 2. The predicted octanol–water partition coefficient (Wildman–Crippen LogP) is 7.00. The molecule has 1 aliphatic heterocycles. The van der Waals surface area contributed by atoms with Crippen LogP contribution in [0.4, 0.5) is 10.5 Å². The van der Waals surface area contributed by atoms with Gasteiger partial charge in [-0.2, -0.15) is 0 Å². The first kappa shape index (κ1) is 27.9. The van der Waals surface area contributed by atoms with E-state index in [-0.39, 0.29) is 30.4 Å². The second-order valence-electron chi connectivity index (χ2n) is 12.7. The molecular weight excluding hydrogens is 546 g/mol. The van der Waals surface area contributed by atoms with Crippen LogP contribution < -0.4 is 10.6 Å². The Morgan fingerprint density at radius 2 is 1.57 bits per heavy atom. The molecule has 4 saturated carbocycles. The number of benzene rings is 2. The zero-order valence-corrected chi connectivity index (χ0v) is 24.6. The van der Waals surface area contributed by atoms with Crippen molar-refractivity contribution >= 4 is 23.5 Å². The first-order valence-electron chi connectivity index (χ1n) is 15.3. The van der Waals surface area contributed by atoms with Gasteiger partial charge in [-0.05, 0) is 91.7 Å². The highest BCUT2D eigenvalue weighted by Gasteiger charge is 2.51. The summed E-state index contributed by atoms with van der Waals surface area (Å²) in [4.78, 5) is 17.5. The van der Waals surface area contributed by atoms with Gasteiger partial charge in [-0.15, -0.1) is 11.8 Å². The maximum Gasteiger partial charge on any atom is 0.319 e. The van der Waals surface area contributed by atoms with E-state index in [1.54, 1.807) is 18.0 Å². The molecule has 2 aromatic carbocycles. The molecule has 0 spiro atoms. The smallest absolute Gasteiger partial charge is 0.319 e. The van der Waals surface area contributed by atoms with Gasteiger partial charge in [0.05, 0.1) is 23.8 Å². The summed E-state index contributed by atoms with van der Waals surface area (Å²) in [7, 11) is 0. The molecule has 7 nitrogen and oxygen atoms in total. The summed E-state index contributed by atoms with van der Waals surface area (Å²) in [6, 6.07) is 21.6. The fraction of sp³-hybridized carbons (Fsp3) is 0.471. The largest absolute Gasteiger partial charge is 0.392 e. The highest BCUT2D eigenvalue weighted by molar-refractivity contribution is 7.99. The number of ether oxygens (including phenoxy) is 2. The highest BCUT2D eigenvalue weighted by atomic mass is 32.2. The van der Waals surface area contributed by atoms with E-state index in [1.165, 1.54) is 19.3 Å². The van der Waals surface area contributed by atoms with Gasteiger partial charge in [-0.25, -0.2) is 9.78 Å². The lowest BCUT2D eigenvalue weighted by Crippen LogP contribution is -2.60. The Labute approximate surface area is 251 Å². The van der Waals surface area contributed by atoms with E-state index >= 15 is 0 Å². The van der Waals surface area contributed by atoms with Crippen molar-refractivity contribution in [2.45, 2.75) is 80.6 Å². The molecule has 3 unspecified atom stereocenters. The van der Waals surface area contributed by atoms with Crippen LogP contribution >= 0.6 is 11.8 Å². The minimum Gasteiger partial charge on any atom is -0.392 e. The number of urea groups is 1. The third kappa shape index (κ3) is 6.23. The zero-order chi connectivity index (χ0) is 28.5. The normalized spacial score (nSPS) is 31.5. The highest BCUT2D eigenvalue weighted by Crippen LogP contribution is 2.55. The Morgan fingerprint density at radius 1 is 0.881 bits per heavy atom. The number of carbonyl (C=O) groups is 1. The zero-order valence-electron chi connectivity index (χ0n) is 23.8. The monoisotopic (exact) mass is 585 g/mol. The number of aromatic nitrogens is 1. The number of rotatable bonds is 8. The molecule has 2 amide bonds. The van der Waals surface area contributed by atoms with Crippen LogP contribution in [-0.4, -0.2) is 33.5 Å². The minimum atomic E-state index is -0.537. The van der Waals surface area contributed by atoms with Crippen molar-refractivity contribution < 1.29 is 19.4 Å². The van der Waals surface area contributed by atoms with Crippen LogP contribution in [0.15, 0.2) is 78.0 Å². The summed E-state index contributed by atoms with van der Waals surface area (Å²) >= 11 is 1.68. The Morgan fingerprint density at radius 3 is 2.21 bits per heavy atom. The van der Waals surface area contributed by atoms with Crippen LogP contribution in [0.3, 0.4) is 0 Å². The van der Waals surface area contributed by atoms with Gasteiger partial charge in [0.25, 0.3) is 0 Å². The van der Waals surface area contributed by atoms with Gasteiger partial charge in [0.2, 0.25) is 0 Å². The lowest BCUT2D eigenvalue weighted by molar-refractivity contribution is -0.245. The van der Waals surface area contributed by atoms with Crippen molar-refractivity contribution in [3.8, 4) is 0 Å². The van der Waals surface area contributed by atoms with Crippen molar-refractivity contribution in [1.82, 2.24) is 10.3 Å². The fourth-order valence-electron chi connectivity index (χ4n) is 8.02. The van der Waals surface area contributed by atoms with Gasteiger partial charge in [0.15, 0.2) is 6.29 Å². The molecule has 42 heavy (non-hydrogen) atoms. The molecule has 220 valence electrons. The van der Waals surface area contributed by atoms with Crippen molar-refractivity contribution in [2.75, 3.05) is 11.1 Å². The van der Waals surface area contributed by atoms with E-state index < -0.39 is 6.29 Å². The maximum atomic E-state index is 13.1. The van der Waals surface area contributed by atoms with Crippen molar-refractivity contribution in [3.05, 3.63) is 89.6 Å². The summed E-state index contributed by atoms with van der Waals surface area (Å²) in [5.41, 5.74) is 3.59. The molecule has 5 fully saturated rings. The number of nitrogens with zero attached hydrogens (tertiary/aromatic N) is 1. The van der Waals surface area contributed by atoms with E-state index in [1.807, 2.05) is 66.7 Å². The number of aliphatic hydroxyl groups excluding tert-OH is 1. The molecule has 1 aromatic heterocycles. The Kier molecular flexibility index (Phi) is 7.97. The molecule has 4 bridgehead atoms. The van der Waals surface area contributed by atoms with E-state index in [0.29, 0.717) is 0 Å². The summed E-state index contributed by atoms with van der Waals surface area (Å²) < 4.78 is 12.9. The van der Waals surface area contributed by atoms with Crippen molar-refractivity contribution in [3.63, 3.8) is 0 Å². The van der Waals surface area contributed by atoms with Gasteiger partial charge in [-0.1, -0.05) is 42.5 Å². The summed E-state index contributed by atoms with van der Waals surface area (Å²) in [6.07, 6.45) is 9.26. The molecule has 2 heterocycles. The quantitative estimate of drug-likeness (QED) is 0.247. The number of carbonyl (C=O) groups excluding carboxylic acids is 1. The minimum absolute atomic E-state index is 0.0157. The van der Waals surface area contributed by atoms with Gasteiger partial charge >= 0.3 is 6.03 Å². The maximum absolute atomic E-state index is 13.1. The lowest BCUT2D eigenvalue weighted by Gasteiger charge is -2.56. The van der Waals surface area contributed by atoms with Crippen LogP contribution in [-0.2, 0) is 16.1 Å². The predicted molar refractivity (Wildman–Crippen MR) is 163 cm³/mol. The van der Waals surface area contributed by atoms with E-state index in [0.717, 1.165) is 76.6 Å². The molecular formula is C34H39N3O4S. The van der Waals surface area contributed by atoms with Crippen LogP contribution in [0, 0.1) is 17.8 Å². The van der Waals surface area contributed by atoms with Gasteiger partial charge in [0.1, 0.15) is 0 Å². The number of nitrogens with one attached hydrogen (secondary N) is 2. The number of thioether (sulfide) groups is 1. The number of pyridine rings is 1.